The molecule has 3 nitrogen and oxygen atoms in total. The largest absolute Gasteiger partial charge is 0.387 e. The van der Waals surface area contributed by atoms with Crippen molar-refractivity contribution >= 4 is 35.7 Å². The number of nitrogens with one attached hydrogen (secondary N) is 2. The lowest BCUT2D eigenvalue weighted by molar-refractivity contribution is 0.0941. The summed E-state index contributed by atoms with van der Waals surface area (Å²) in [4.78, 5) is 12.7. The van der Waals surface area contributed by atoms with Crippen LogP contribution in [0.15, 0.2) is 60.7 Å². The maximum atomic E-state index is 12.7. The Hall–Kier alpha value is -2.75. The van der Waals surface area contributed by atoms with Crippen molar-refractivity contribution in [3.05, 3.63) is 71.8 Å². The van der Waals surface area contributed by atoms with Crippen LogP contribution in [0.4, 0.5) is 5.69 Å². The minimum Gasteiger partial charge on any atom is -0.387 e. The molecule has 3 aromatic carbocycles. The number of fused-ring (bicyclic) bond motifs is 1. The Labute approximate surface area is 143 Å². The Bertz CT molecular complexity index is 886. The number of anilines is 1. The van der Waals surface area contributed by atoms with E-state index >= 15 is 0 Å². The highest BCUT2D eigenvalue weighted by atomic mass is 16.1. The molecule has 1 amide bonds. The van der Waals surface area contributed by atoms with Crippen LogP contribution in [0.25, 0.3) is 10.8 Å². The van der Waals surface area contributed by atoms with Gasteiger partial charge in [0.1, 0.15) is 7.85 Å². The van der Waals surface area contributed by atoms with Gasteiger partial charge >= 0.3 is 0 Å². The Morgan fingerprint density at radius 2 is 1.79 bits per heavy atom. The fourth-order valence-corrected chi connectivity index (χ4v) is 2.95. The third-order valence-corrected chi connectivity index (χ3v) is 4.20. The summed E-state index contributed by atoms with van der Waals surface area (Å²) in [6.45, 7) is 2.00. The van der Waals surface area contributed by atoms with Crippen LogP contribution >= 0.6 is 0 Å². The fourth-order valence-electron chi connectivity index (χ4n) is 2.95. The summed E-state index contributed by atoms with van der Waals surface area (Å²) in [6, 6.07) is 19.5. The quantitative estimate of drug-likeness (QED) is 0.726. The van der Waals surface area contributed by atoms with Gasteiger partial charge in [-0.15, -0.1) is 0 Å². The monoisotopic (exact) mass is 314 g/mol. The van der Waals surface area contributed by atoms with Crippen LogP contribution in [0.5, 0.6) is 0 Å². The van der Waals surface area contributed by atoms with Crippen LogP contribution in [-0.4, -0.2) is 20.8 Å². The van der Waals surface area contributed by atoms with E-state index in [0.717, 1.165) is 16.6 Å². The Balaban J connectivity index is 1.89. The first-order valence-corrected chi connectivity index (χ1v) is 7.96. The van der Waals surface area contributed by atoms with Crippen LogP contribution in [0, 0.1) is 0 Å². The lowest BCUT2D eigenvalue weighted by Crippen LogP contribution is -2.28. The SMILES string of the molecule is [B]c1ccc(C(=O)N[C@H](C)c2cccc3ccccc23)c(NC)c1. The summed E-state index contributed by atoms with van der Waals surface area (Å²) >= 11 is 0. The molecule has 24 heavy (non-hydrogen) atoms. The highest BCUT2D eigenvalue weighted by Crippen LogP contribution is 2.24. The first kappa shape index (κ1) is 16.1. The van der Waals surface area contributed by atoms with E-state index in [0.29, 0.717) is 11.0 Å². The van der Waals surface area contributed by atoms with Gasteiger partial charge in [0, 0.05) is 12.7 Å². The predicted molar refractivity (Wildman–Crippen MR) is 101 cm³/mol. The minimum absolute atomic E-state index is 0.106. The highest BCUT2D eigenvalue weighted by molar-refractivity contribution is 6.32. The zero-order chi connectivity index (χ0) is 17.1. The van der Waals surface area contributed by atoms with E-state index < -0.39 is 0 Å². The Morgan fingerprint density at radius 1 is 1.04 bits per heavy atom. The van der Waals surface area contributed by atoms with Crippen molar-refractivity contribution in [3.8, 4) is 0 Å². The average molecular weight is 314 g/mol. The Kier molecular flexibility index (Phi) is 4.56. The zero-order valence-corrected chi connectivity index (χ0v) is 13.8. The number of hydrogen-bond donors (Lipinski definition) is 2. The highest BCUT2D eigenvalue weighted by Gasteiger charge is 2.16. The van der Waals surface area contributed by atoms with Gasteiger partial charge in [0.15, 0.2) is 0 Å². The van der Waals surface area contributed by atoms with Gasteiger partial charge in [-0.2, -0.15) is 0 Å². The van der Waals surface area contributed by atoms with Gasteiger partial charge in [-0.3, -0.25) is 4.79 Å². The fraction of sp³-hybridized carbons (Fsp3) is 0.150. The molecule has 0 saturated heterocycles. The molecule has 3 rings (SSSR count). The first-order chi connectivity index (χ1) is 11.6. The summed E-state index contributed by atoms with van der Waals surface area (Å²) < 4.78 is 0. The molecule has 0 unspecified atom stereocenters. The number of amides is 1. The van der Waals surface area contributed by atoms with E-state index in [1.807, 2.05) is 25.1 Å². The van der Waals surface area contributed by atoms with E-state index in [1.165, 1.54) is 5.39 Å². The average Bonchev–Trinajstić information content (AvgIpc) is 2.60. The molecule has 0 spiro atoms. The number of benzene rings is 3. The van der Waals surface area contributed by atoms with Crippen LogP contribution < -0.4 is 16.1 Å². The van der Waals surface area contributed by atoms with Crippen molar-refractivity contribution in [2.24, 2.45) is 0 Å². The second-order valence-electron chi connectivity index (χ2n) is 5.82. The maximum Gasteiger partial charge on any atom is 0.253 e. The molecule has 0 aliphatic heterocycles. The van der Waals surface area contributed by atoms with Gasteiger partial charge in [-0.25, -0.2) is 0 Å². The second-order valence-corrected chi connectivity index (χ2v) is 5.82. The Morgan fingerprint density at radius 3 is 2.58 bits per heavy atom. The van der Waals surface area contributed by atoms with Crippen molar-refractivity contribution in [2.45, 2.75) is 13.0 Å². The molecule has 0 aromatic heterocycles. The lowest BCUT2D eigenvalue weighted by atomic mass is 9.93. The molecular weight excluding hydrogens is 295 g/mol. The van der Waals surface area contributed by atoms with E-state index in [-0.39, 0.29) is 11.9 Å². The van der Waals surface area contributed by atoms with E-state index in [9.17, 15) is 4.79 Å². The molecule has 0 saturated carbocycles. The third kappa shape index (κ3) is 3.13. The predicted octanol–water partition coefficient (Wildman–Crippen LogP) is 3.17. The standard InChI is InChI=1S/C20H19BN2O/c1-13(16-9-5-7-14-6-3-4-8-17(14)16)23-20(24)18-11-10-15(21)12-19(18)22-2/h3-13,22H,1-2H3,(H,23,24)/t13-/m1/s1. The van der Waals surface area contributed by atoms with Crippen molar-refractivity contribution in [1.29, 1.82) is 0 Å². The molecule has 2 radical (unpaired) electrons. The number of rotatable bonds is 4. The van der Waals surface area contributed by atoms with E-state index in [4.69, 9.17) is 7.85 Å². The number of carbonyl (C=O) groups excluding carboxylic acids is 1. The van der Waals surface area contributed by atoms with Crippen molar-refractivity contribution < 1.29 is 4.79 Å². The molecule has 0 aliphatic carbocycles. The zero-order valence-electron chi connectivity index (χ0n) is 13.8. The van der Waals surface area contributed by atoms with Crippen molar-refractivity contribution in [1.82, 2.24) is 5.32 Å². The van der Waals surface area contributed by atoms with Crippen LogP contribution in [0.1, 0.15) is 28.9 Å². The molecule has 2 N–H and O–H groups in total. The summed E-state index contributed by atoms with van der Waals surface area (Å²) in [5.74, 6) is -0.125. The summed E-state index contributed by atoms with van der Waals surface area (Å²) in [7, 11) is 7.56. The molecule has 1 atom stereocenters. The van der Waals surface area contributed by atoms with Gasteiger partial charge in [0.25, 0.3) is 5.91 Å². The van der Waals surface area contributed by atoms with E-state index in [1.54, 1.807) is 25.2 Å². The first-order valence-electron chi connectivity index (χ1n) is 7.96. The second kappa shape index (κ2) is 6.79. The smallest absolute Gasteiger partial charge is 0.253 e. The molecular formula is C20H19BN2O. The van der Waals surface area contributed by atoms with Crippen molar-refractivity contribution in [2.75, 3.05) is 12.4 Å². The van der Waals surface area contributed by atoms with Crippen molar-refractivity contribution in [3.63, 3.8) is 0 Å². The molecule has 0 bridgehead atoms. The summed E-state index contributed by atoms with van der Waals surface area (Å²) in [5, 5.41) is 8.42. The van der Waals surface area contributed by atoms with Gasteiger partial charge in [0.05, 0.1) is 11.6 Å². The third-order valence-electron chi connectivity index (χ3n) is 4.20. The van der Waals surface area contributed by atoms with Gasteiger partial charge in [-0.1, -0.05) is 54.0 Å². The molecule has 3 aromatic rings. The van der Waals surface area contributed by atoms with Gasteiger partial charge < -0.3 is 10.6 Å². The molecule has 0 aliphatic rings. The van der Waals surface area contributed by atoms with Gasteiger partial charge in [-0.05, 0) is 35.4 Å². The van der Waals surface area contributed by atoms with E-state index in [2.05, 4.69) is 34.9 Å². The maximum absolute atomic E-state index is 12.7. The van der Waals surface area contributed by atoms with Crippen LogP contribution in [-0.2, 0) is 0 Å². The normalized spacial score (nSPS) is 11.9. The molecule has 118 valence electrons. The minimum atomic E-state index is -0.125. The number of hydrogen-bond acceptors (Lipinski definition) is 2. The van der Waals surface area contributed by atoms with Crippen LogP contribution in [0.3, 0.4) is 0 Å². The van der Waals surface area contributed by atoms with Crippen LogP contribution in [0.2, 0.25) is 0 Å². The van der Waals surface area contributed by atoms with Gasteiger partial charge in [0.2, 0.25) is 0 Å². The lowest BCUT2D eigenvalue weighted by Gasteiger charge is -2.18. The molecule has 4 heteroatoms. The number of carbonyl (C=O) groups is 1. The summed E-state index contributed by atoms with van der Waals surface area (Å²) in [5.41, 5.74) is 3.03. The summed E-state index contributed by atoms with van der Waals surface area (Å²) in [6.07, 6.45) is 0. The molecule has 0 fully saturated rings. The molecule has 0 heterocycles. The topological polar surface area (TPSA) is 41.1 Å².